The van der Waals surface area contributed by atoms with Crippen molar-refractivity contribution in [3.63, 3.8) is 0 Å². The molecule has 4 rings (SSSR count). The van der Waals surface area contributed by atoms with E-state index in [1.807, 2.05) is 60.7 Å². The van der Waals surface area contributed by atoms with E-state index < -0.39 is 0 Å². The van der Waals surface area contributed by atoms with Crippen LogP contribution < -0.4 is 5.56 Å². The summed E-state index contributed by atoms with van der Waals surface area (Å²) in [6, 6.07) is 18.8. The molecule has 0 aliphatic carbocycles. The Balaban J connectivity index is 1.76. The molecule has 0 spiro atoms. The second-order valence-electron chi connectivity index (χ2n) is 5.34. The maximum atomic E-state index is 12.3. The average Bonchev–Trinajstić information content (AvgIpc) is 3.06. The maximum absolute atomic E-state index is 12.3. The molecule has 0 radical (unpaired) electrons. The molecule has 0 bridgehead atoms. The van der Waals surface area contributed by atoms with Crippen molar-refractivity contribution in [3.05, 3.63) is 87.3 Å². The summed E-state index contributed by atoms with van der Waals surface area (Å²) in [5.74, 6) is 0. The fraction of sp³-hybridized carbons (Fsp3) is 0. The molecule has 0 saturated carbocycles. The Kier molecular flexibility index (Phi) is 4.17. The molecule has 0 aliphatic rings. The first-order valence-corrected chi connectivity index (χ1v) is 8.79. The van der Waals surface area contributed by atoms with Crippen LogP contribution in [0.25, 0.3) is 27.7 Å². The highest BCUT2D eigenvalue weighted by atomic mass is 35.5. The molecule has 2 aromatic carbocycles. The summed E-state index contributed by atoms with van der Waals surface area (Å²) in [5, 5.41) is 5.62. The zero-order chi connectivity index (χ0) is 17.2. The van der Waals surface area contributed by atoms with Gasteiger partial charge in [-0.25, -0.2) is 4.98 Å². The van der Waals surface area contributed by atoms with E-state index in [0.29, 0.717) is 20.7 Å². The van der Waals surface area contributed by atoms with Crippen LogP contribution in [0.15, 0.2) is 65.5 Å². The van der Waals surface area contributed by atoms with Gasteiger partial charge in [0.1, 0.15) is 5.01 Å². The van der Waals surface area contributed by atoms with Gasteiger partial charge in [0.25, 0.3) is 5.56 Å². The van der Waals surface area contributed by atoms with Crippen LogP contribution in [0.1, 0.15) is 11.3 Å². The number of hydrogen-bond donors (Lipinski definition) is 0. The smallest absolute Gasteiger partial charge is 0.267 e. The summed E-state index contributed by atoms with van der Waals surface area (Å²) in [4.78, 5) is 17.4. The molecule has 0 amide bonds. The van der Waals surface area contributed by atoms with Crippen LogP contribution >= 0.6 is 22.9 Å². The zero-order valence-corrected chi connectivity index (χ0v) is 14.5. The lowest BCUT2D eigenvalue weighted by Crippen LogP contribution is -2.14. The molecule has 2 aromatic heterocycles. The third kappa shape index (κ3) is 3.24. The predicted molar refractivity (Wildman–Crippen MR) is 103 cm³/mol. The first-order chi connectivity index (χ1) is 12.2. The van der Waals surface area contributed by atoms with Crippen molar-refractivity contribution < 1.29 is 0 Å². The minimum absolute atomic E-state index is 0.215. The molecular formula is C19H12ClN3OS. The van der Waals surface area contributed by atoms with Gasteiger partial charge in [-0.15, -0.1) is 0 Å². The fourth-order valence-electron chi connectivity index (χ4n) is 2.40. The highest BCUT2D eigenvalue weighted by Gasteiger charge is 2.12. The molecule has 0 unspecified atom stereocenters. The van der Waals surface area contributed by atoms with Gasteiger partial charge in [-0.1, -0.05) is 77.5 Å². The molecule has 4 nitrogen and oxygen atoms in total. The average molecular weight is 366 g/mol. The molecule has 122 valence electrons. The van der Waals surface area contributed by atoms with Crippen LogP contribution in [-0.4, -0.2) is 14.6 Å². The quantitative estimate of drug-likeness (QED) is 0.531. The van der Waals surface area contributed by atoms with Crippen LogP contribution in [0.4, 0.5) is 0 Å². The number of halogens is 1. The van der Waals surface area contributed by atoms with Crippen molar-refractivity contribution in [2.75, 3.05) is 0 Å². The predicted octanol–water partition coefficient (Wildman–Crippen LogP) is 4.64. The maximum Gasteiger partial charge on any atom is 0.275 e. The molecule has 6 heteroatoms. The second-order valence-corrected chi connectivity index (χ2v) is 6.71. The number of benzene rings is 2. The lowest BCUT2D eigenvalue weighted by atomic mass is 10.2. The molecule has 0 fully saturated rings. The van der Waals surface area contributed by atoms with Crippen molar-refractivity contribution in [2.45, 2.75) is 0 Å². The van der Waals surface area contributed by atoms with Gasteiger partial charge in [-0.05, 0) is 17.7 Å². The van der Waals surface area contributed by atoms with E-state index in [9.17, 15) is 4.79 Å². The summed E-state index contributed by atoms with van der Waals surface area (Å²) in [6.07, 6.45) is 3.75. The molecule has 0 atom stereocenters. The molecule has 0 N–H and O–H groups in total. The summed E-state index contributed by atoms with van der Waals surface area (Å²) < 4.78 is 1.31. The molecule has 0 saturated heterocycles. The van der Waals surface area contributed by atoms with E-state index in [4.69, 9.17) is 11.6 Å². The van der Waals surface area contributed by atoms with Gasteiger partial charge in [0.2, 0.25) is 4.96 Å². The summed E-state index contributed by atoms with van der Waals surface area (Å²) in [7, 11) is 0. The van der Waals surface area contributed by atoms with Crippen molar-refractivity contribution in [1.29, 1.82) is 0 Å². The van der Waals surface area contributed by atoms with Crippen molar-refractivity contribution in [2.24, 2.45) is 0 Å². The number of hydrogen-bond acceptors (Lipinski definition) is 4. The Morgan fingerprint density at radius 2 is 1.76 bits per heavy atom. The van der Waals surface area contributed by atoms with E-state index in [-0.39, 0.29) is 5.56 Å². The van der Waals surface area contributed by atoms with Gasteiger partial charge in [0.05, 0.1) is 10.7 Å². The van der Waals surface area contributed by atoms with Crippen molar-refractivity contribution in [3.8, 4) is 10.6 Å². The summed E-state index contributed by atoms with van der Waals surface area (Å²) in [6.45, 7) is 0. The van der Waals surface area contributed by atoms with Gasteiger partial charge < -0.3 is 0 Å². The van der Waals surface area contributed by atoms with Crippen molar-refractivity contribution >= 4 is 40.1 Å². The highest BCUT2D eigenvalue weighted by Crippen LogP contribution is 2.30. The van der Waals surface area contributed by atoms with Gasteiger partial charge in [-0.2, -0.15) is 9.61 Å². The van der Waals surface area contributed by atoms with Crippen LogP contribution in [0.2, 0.25) is 5.02 Å². The number of rotatable bonds is 3. The van der Waals surface area contributed by atoms with Gasteiger partial charge in [0, 0.05) is 11.6 Å². The normalized spacial score (nSPS) is 11.4. The lowest BCUT2D eigenvalue weighted by Gasteiger charge is -1.96. The Hall–Kier alpha value is -2.76. The first-order valence-electron chi connectivity index (χ1n) is 7.60. The first kappa shape index (κ1) is 15.7. The number of nitrogens with zero attached hydrogens (tertiary/aromatic N) is 3. The monoisotopic (exact) mass is 365 g/mol. The summed E-state index contributed by atoms with van der Waals surface area (Å²) >= 11 is 7.56. The Morgan fingerprint density at radius 3 is 2.56 bits per heavy atom. The largest absolute Gasteiger partial charge is 0.275 e. The highest BCUT2D eigenvalue weighted by molar-refractivity contribution is 7.19. The van der Waals surface area contributed by atoms with E-state index >= 15 is 0 Å². The van der Waals surface area contributed by atoms with E-state index in [2.05, 4.69) is 10.1 Å². The second kappa shape index (κ2) is 6.63. The Labute approximate surface area is 152 Å². The molecule has 2 heterocycles. The third-order valence-corrected chi connectivity index (χ3v) is 4.89. The van der Waals surface area contributed by atoms with E-state index in [0.717, 1.165) is 11.1 Å². The van der Waals surface area contributed by atoms with Crippen LogP contribution in [0, 0.1) is 0 Å². The molecule has 4 aromatic rings. The van der Waals surface area contributed by atoms with Gasteiger partial charge in [0.15, 0.2) is 0 Å². The standard InChI is InChI=1S/C19H12ClN3OS/c20-16-9-5-4-8-15(16)18-22-23-17(24)12-14(21-19(23)25-18)11-10-13-6-2-1-3-7-13/h1-12H/b11-10+. The Morgan fingerprint density at radius 1 is 1.00 bits per heavy atom. The Bertz CT molecular complexity index is 1130. The molecule has 0 aliphatic heterocycles. The van der Waals surface area contributed by atoms with E-state index in [1.165, 1.54) is 21.9 Å². The number of aromatic nitrogens is 3. The van der Waals surface area contributed by atoms with Gasteiger partial charge in [-0.3, -0.25) is 4.79 Å². The van der Waals surface area contributed by atoms with Gasteiger partial charge >= 0.3 is 0 Å². The van der Waals surface area contributed by atoms with Crippen LogP contribution in [0.5, 0.6) is 0 Å². The lowest BCUT2D eigenvalue weighted by molar-refractivity contribution is 0.901. The third-order valence-electron chi connectivity index (χ3n) is 3.62. The minimum atomic E-state index is -0.215. The molecular weight excluding hydrogens is 354 g/mol. The van der Waals surface area contributed by atoms with Crippen LogP contribution in [-0.2, 0) is 0 Å². The van der Waals surface area contributed by atoms with Crippen molar-refractivity contribution in [1.82, 2.24) is 14.6 Å². The minimum Gasteiger partial charge on any atom is -0.267 e. The SMILES string of the molecule is O=c1cc(/C=C/c2ccccc2)nc2sc(-c3ccccc3Cl)nn12. The zero-order valence-electron chi connectivity index (χ0n) is 13.0. The molecule has 25 heavy (non-hydrogen) atoms. The van der Waals surface area contributed by atoms with E-state index in [1.54, 1.807) is 6.07 Å². The van der Waals surface area contributed by atoms with Crippen LogP contribution in [0.3, 0.4) is 0 Å². The number of fused-ring (bicyclic) bond motifs is 1. The summed E-state index contributed by atoms with van der Waals surface area (Å²) in [5.41, 5.74) is 2.22. The fourth-order valence-corrected chi connectivity index (χ4v) is 3.64. The topological polar surface area (TPSA) is 47.3 Å².